The smallest absolute Gasteiger partial charge is 0.189 e. The third-order valence-corrected chi connectivity index (χ3v) is 2.74. The van der Waals surface area contributed by atoms with Crippen LogP contribution >= 0.6 is 0 Å². The van der Waals surface area contributed by atoms with Gasteiger partial charge in [0.1, 0.15) is 7.05 Å². The predicted octanol–water partition coefficient (Wildman–Crippen LogP) is 0.347. The Hall–Kier alpha value is -1.90. The Bertz CT molecular complexity index is 534. The summed E-state index contributed by atoms with van der Waals surface area (Å²) in [6.45, 7) is 0. The number of benzene rings is 1. The highest BCUT2D eigenvalue weighted by molar-refractivity contribution is 5.83. The van der Waals surface area contributed by atoms with E-state index in [9.17, 15) is 9.90 Å². The summed E-state index contributed by atoms with van der Waals surface area (Å²) in [6.07, 6.45) is 2.51. The number of aliphatic carboxylic acids is 1. The summed E-state index contributed by atoms with van der Waals surface area (Å²) in [4.78, 5) is 10.5. The number of aromatic nitrogens is 1. The minimum atomic E-state index is -1.01. The quantitative estimate of drug-likeness (QED) is 0.693. The van der Waals surface area contributed by atoms with E-state index in [0.717, 1.165) is 16.5 Å². The van der Waals surface area contributed by atoms with Crippen molar-refractivity contribution in [3.05, 3.63) is 42.2 Å². The number of pyridine rings is 1. The Morgan fingerprint density at radius 2 is 2.06 bits per heavy atom. The first-order valence-electron chi connectivity index (χ1n) is 5.24. The van der Waals surface area contributed by atoms with Gasteiger partial charge in [-0.1, -0.05) is 18.2 Å². The zero-order valence-electron chi connectivity index (χ0n) is 9.14. The van der Waals surface area contributed by atoms with E-state index in [2.05, 4.69) is 0 Å². The molecule has 16 heavy (non-hydrogen) atoms. The number of carboxylic acid groups (broad SMARTS) is 1. The van der Waals surface area contributed by atoms with Crippen LogP contribution in [0.15, 0.2) is 36.5 Å². The van der Waals surface area contributed by atoms with Crippen LogP contribution in [0.1, 0.15) is 12.1 Å². The predicted molar refractivity (Wildman–Crippen MR) is 58.5 cm³/mol. The molecule has 1 heterocycles. The van der Waals surface area contributed by atoms with Crippen molar-refractivity contribution in [2.24, 2.45) is 7.05 Å². The first kappa shape index (κ1) is 10.6. The Morgan fingerprint density at radius 3 is 2.81 bits per heavy atom. The Balaban J connectivity index is 2.48. The van der Waals surface area contributed by atoms with Gasteiger partial charge in [0.25, 0.3) is 0 Å². The molecule has 1 aromatic heterocycles. The molecule has 0 aliphatic heterocycles. The maximum Gasteiger partial charge on any atom is 0.189 e. The molecule has 2 rings (SSSR count). The number of hydrogen-bond donors (Lipinski definition) is 0. The fourth-order valence-corrected chi connectivity index (χ4v) is 1.91. The summed E-state index contributed by atoms with van der Waals surface area (Å²) in [7, 11) is 1.93. The van der Waals surface area contributed by atoms with Crippen LogP contribution in [0, 0.1) is 0 Å². The van der Waals surface area contributed by atoms with Gasteiger partial charge in [0, 0.05) is 23.8 Å². The van der Waals surface area contributed by atoms with Crippen LogP contribution in [0.25, 0.3) is 10.8 Å². The number of aryl methyl sites for hydroxylation is 2. The number of carbonyl (C=O) groups is 1. The van der Waals surface area contributed by atoms with Gasteiger partial charge in [-0.2, -0.15) is 0 Å². The van der Waals surface area contributed by atoms with Crippen LogP contribution in [0.2, 0.25) is 0 Å². The minimum absolute atomic E-state index is 0.0574. The molecule has 0 aliphatic carbocycles. The molecule has 1 aromatic carbocycles. The fourth-order valence-electron chi connectivity index (χ4n) is 1.91. The largest absolute Gasteiger partial charge is 0.550 e. The zero-order chi connectivity index (χ0) is 11.5. The minimum Gasteiger partial charge on any atom is -0.550 e. The molecule has 0 unspecified atom stereocenters. The molecule has 0 fully saturated rings. The molecule has 0 amide bonds. The van der Waals surface area contributed by atoms with Gasteiger partial charge in [-0.15, -0.1) is 0 Å². The maximum absolute atomic E-state index is 10.5. The summed E-state index contributed by atoms with van der Waals surface area (Å²) >= 11 is 0. The lowest BCUT2D eigenvalue weighted by Crippen LogP contribution is -2.34. The average Bonchev–Trinajstić information content (AvgIpc) is 2.27. The van der Waals surface area contributed by atoms with Crippen LogP contribution in [-0.4, -0.2) is 5.97 Å². The van der Waals surface area contributed by atoms with Crippen molar-refractivity contribution in [3.63, 3.8) is 0 Å². The van der Waals surface area contributed by atoms with E-state index in [0.29, 0.717) is 6.42 Å². The van der Waals surface area contributed by atoms with Crippen molar-refractivity contribution in [1.29, 1.82) is 0 Å². The lowest BCUT2D eigenvalue weighted by molar-refractivity contribution is -0.677. The highest BCUT2D eigenvalue weighted by Crippen LogP contribution is 2.16. The number of fused-ring (bicyclic) bond motifs is 1. The molecule has 0 bridgehead atoms. The summed E-state index contributed by atoms with van der Waals surface area (Å²) in [5, 5.41) is 12.7. The van der Waals surface area contributed by atoms with E-state index in [-0.39, 0.29) is 6.42 Å². The SMILES string of the molecule is C[n+]1ccc2ccccc2c1CCC(=O)[O-]. The molecular formula is C13H13NO2. The Labute approximate surface area is 94.0 Å². The molecule has 0 atom stereocenters. The third-order valence-electron chi connectivity index (χ3n) is 2.74. The molecule has 3 nitrogen and oxygen atoms in total. The van der Waals surface area contributed by atoms with Crippen LogP contribution in [0.4, 0.5) is 0 Å². The number of carbonyl (C=O) groups excluding carboxylic acids is 1. The van der Waals surface area contributed by atoms with Crippen molar-refractivity contribution < 1.29 is 14.5 Å². The molecule has 0 radical (unpaired) electrons. The second-order valence-electron chi connectivity index (χ2n) is 3.83. The van der Waals surface area contributed by atoms with Gasteiger partial charge >= 0.3 is 0 Å². The van der Waals surface area contributed by atoms with Crippen LogP contribution < -0.4 is 9.67 Å². The summed E-state index contributed by atoms with van der Waals surface area (Å²) in [5.74, 6) is -1.01. The number of hydrogen-bond acceptors (Lipinski definition) is 2. The molecule has 2 aromatic rings. The molecule has 3 heteroatoms. The maximum atomic E-state index is 10.5. The van der Waals surface area contributed by atoms with Gasteiger partial charge < -0.3 is 9.90 Å². The second-order valence-corrected chi connectivity index (χ2v) is 3.83. The van der Waals surface area contributed by atoms with E-state index < -0.39 is 5.97 Å². The molecule has 0 saturated carbocycles. The first-order chi connectivity index (χ1) is 7.68. The van der Waals surface area contributed by atoms with Gasteiger partial charge in [-0.3, -0.25) is 0 Å². The summed E-state index contributed by atoms with van der Waals surface area (Å²) in [6, 6.07) is 10.0. The first-order valence-corrected chi connectivity index (χ1v) is 5.24. The van der Waals surface area contributed by atoms with Gasteiger partial charge in [-0.05, 0) is 17.9 Å². The van der Waals surface area contributed by atoms with E-state index in [1.165, 1.54) is 0 Å². The lowest BCUT2D eigenvalue weighted by atomic mass is 10.1. The van der Waals surface area contributed by atoms with E-state index in [1.54, 1.807) is 0 Å². The normalized spacial score (nSPS) is 10.6. The van der Waals surface area contributed by atoms with E-state index in [4.69, 9.17) is 0 Å². The average molecular weight is 215 g/mol. The standard InChI is InChI=1S/C13H13NO2/c1-14-9-8-10-4-2-3-5-11(10)12(14)6-7-13(15)16/h2-5,8-9H,6-7H2,1H3. The van der Waals surface area contributed by atoms with Crippen molar-refractivity contribution in [1.82, 2.24) is 0 Å². The highest BCUT2D eigenvalue weighted by Gasteiger charge is 2.11. The topological polar surface area (TPSA) is 44.0 Å². The molecule has 0 aliphatic rings. The second kappa shape index (κ2) is 4.31. The number of nitrogens with zero attached hydrogens (tertiary/aromatic N) is 1. The van der Waals surface area contributed by atoms with E-state index in [1.807, 2.05) is 48.1 Å². The summed E-state index contributed by atoms with van der Waals surface area (Å²) in [5.41, 5.74) is 1.03. The zero-order valence-corrected chi connectivity index (χ0v) is 9.14. The Kier molecular flexibility index (Phi) is 2.86. The van der Waals surface area contributed by atoms with Crippen molar-refractivity contribution in [2.45, 2.75) is 12.8 Å². The fraction of sp³-hybridized carbons (Fsp3) is 0.231. The van der Waals surface area contributed by atoms with Crippen LogP contribution in [0.5, 0.6) is 0 Å². The molecule has 82 valence electrons. The monoisotopic (exact) mass is 215 g/mol. The van der Waals surface area contributed by atoms with Crippen molar-refractivity contribution in [2.75, 3.05) is 0 Å². The van der Waals surface area contributed by atoms with Crippen LogP contribution in [-0.2, 0) is 18.3 Å². The van der Waals surface area contributed by atoms with Crippen molar-refractivity contribution >= 4 is 16.7 Å². The summed E-state index contributed by atoms with van der Waals surface area (Å²) < 4.78 is 1.96. The Morgan fingerprint density at radius 1 is 1.31 bits per heavy atom. The highest BCUT2D eigenvalue weighted by atomic mass is 16.4. The lowest BCUT2D eigenvalue weighted by Gasteiger charge is -2.05. The van der Waals surface area contributed by atoms with Crippen molar-refractivity contribution in [3.8, 4) is 0 Å². The molecular weight excluding hydrogens is 202 g/mol. The van der Waals surface area contributed by atoms with E-state index >= 15 is 0 Å². The number of rotatable bonds is 3. The van der Waals surface area contributed by atoms with Crippen LogP contribution in [0.3, 0.4) is 0 Å². The third kappa shape index (κ3) is 2.03. The molecule has 0 spiro atoms. The molecule has 0 saturated heterocycles. The number of carboxylic acids is 1. The van der Waals surface area contributed by atoms with Gasteiger partial charge in [0.15, 0.2) is 11.9 Å². The van der Waals surface area contributed by atoms with Gasteiger partial charge in [-0.25, -0.2) is 4.57 Å². The van der Waals surface area contributed by atoms with Gasteiger partial charge in [0.05, 0.1) is 0 Å². The van der Waals surface area contributed by atoms with Gasteiger partial charge in [0.2, 0.25) is 0 Å². The molecule has 0 N–H and O–H groups in total.